The molecule has 4 N–H and O–H groups in total. The average Bonchev–Trinajstić information content (AvgIpc) is 2.81. The maximum absolute atomic E-state index is 11.7. The lowest BCUT2D eigenvalue weighted by molar-refractivity contribution is -0.122. The number of hydrogen-bond acceptors (Lipinski definition) is 2. The Labute approximate surface area is 108 Å². The zero-order chi connectivity index (χ0) is 12.8. The Kier molecular flexibility index (Phi) is 4.42. The largest absolute Gasteiger partial charge is 0.367 e. The third kappa shape index (κ3) is 3.35. The minimum Gasteiger partial charge on any atom is -0.367 e. The summed E-state index contributed by atoms with van der Waals surface area (Å²) in [5.74, 6) is 0.158. The van der Waals surface area contributed by atoms with E-state index in [-0.39, 0.29) is 11.3 Å². The number of hydrogen-bond donors (Lipinski definition) is 3. The fraction of sp³-hybridized carbons (Fsp3) is 0.643. The molecule has 0 atom stereocenters. The molecular formula is C14H23N3O. The van der Waals surface area contributed by atoms with Crippen LogP contribution in [-0.2, 0) is 11.2 Å². The van der Waals surface area contributed by atoms with Gasteiger partial charge in [0.2, 0.25) is 5.91 Å². The molecule has 2 rings (SSSR count). The molecule has 18 heavy (non-hydrogen) atoms. The van der Waals surface area contributed by atoms with Crippen LogP contribution >= 0.6 is 0 Å². The van der Waals surface area contributed by atoms with Gasteiger partial charge in [0.05, 0.1) is 0 Å². The van der Waals surface area contributed by atoms with Crippen LogP contribution in [0.5, 0.6) is 0 Å². The Bertz CT molecular complexity index is 363. The first-order valence-electron chi connectivity index (χ1n) is 6.83. The van der Waals surface area contributed by atoms with E-state index in [0.29, 0.717) is 13.0 Å². The van der Waals surface area contributed by atoms with Crippen LogP contribution in [0.25, 0.3) is 0 Å². The Hall–Kier alpha value is -1.29. The summed E-state index contributed by atoms with van der Waals surface area (Å²) in [7, 11) is 0. The van der Waals surface area contributed by atoms with E-state index < -0.39 is 0 Å². The van der Waals surface area contributed by atoms with Crippen molar-refractivity contribution in [2.45, 2.75) is 38.5 Å². The highest BCUT2D eigenvalue weighted by molar-refractivity contribution is 5.75. The van der Waals surface area contributed by atoms with Gasteiger partial charge >= 0.3 is 0 Å². The Morgan fingerprint density at radius 1 is 1.50 bits per heavy atom. The number of nitrogens with two attached hydrogens (primary N) is 1. The predicted molar refractivity (Wildman–Crippen MR) is 72.1 cm³/mol. The monoisotopic (exact) mass is 249 g/mol. The van der Waals surface area contributed by atoms with E-state index in [1.807, 2.05) is 12.4 Å². The predicted octanol–water partition coefficient (Wildman–Crippen LogP) is 1.58. The lowest BCUT2D eigenvalue weighted by atomic mass is 9.69. The topological polar surface area (TPSA) is 70.9 Å². The summed E-state index contributed by atoms with van der Waals surface area (Å²) in [6.45, 7) is 1.45. The minimum absolute atomic E-state index is 0.158. The molecule has 1 fully saturated rings. The van der Waals surface area contributed by atoms with Gasteiger partial charge in [-0.1, -0.05) is 6.42 Å². The number of amides is 1. The highest BCUT2D eigenvalue weighted by Gasteiger charge is 2.35. The number of aryl methyl sites for hydroxylation is 1. The van der Waals surface area contributed by atoms with Crippen molar-refractivity contribution >= 4 is 5.91 Å². The number of H-pyrrole nitrogens is 1. The molecule has 0 aliphatic heterocycles. The van der Waals surface area contributed by atoms with Crippen LogP contribution < -0.4 is 11.1 Å². The lowest BCUT2D eigenvalue weighted by Gasteiger charge is -2.41. The first kappa shape index (κ1) is 13.1. The van der Waals surface area contributed by atoms with Gasteiger partial charge in [-0.25, -0.2) is 0 Å². The van der Waals surface area contributed by atoms with Gasteiger partial charge < -0.3 is 16.0 Å². The number of aromatic nitrogens is 1. The van der Waals surface area contributed by atoms with E-state index in [1.54, 1.807) is 0 Å². The molecule has 0 aromatic carbocycles. The maximum atomic E-state index is 11.7. The van der Waals surface area contributed by atoms with Gasteiger partial charge in [-0.05, 0) is 49.3 Å². The van der Waals surface area contributed by atoms with Gasteiger partial charge in [-0.2, -0.15) is 0 Å². The van der Waals surface area contributed by atoms with Crippen molar-refractivity contribution < 1.29 is 4.79 Å². The molecule has 1 aromatic rings. The van der Waals surface area contributed by atoms with Crippen LogP contribution in [0.4, 0.5) is 0 Å². The summed E-state index contributed by atoms with van der Waals surface area (Å²) in [6.07, 6.45) is 9.93. The van der Waals surface area contributed by atoms with Crippen LogP contribution in [0.2, 0.25) is 0 Å². The first-order chi connectivity index (χ1) is 8.74. The number of rotatable bonds is 7. The molecule has 1 aliphatic carbocycles. The summed E-state index contributed by atoms with van der Waals surface area (Å²) < 4.78 is 0. The standard InChI is InChI=1S/C14H23N3O/c15-10-14(6-2-7-14)11-17-13(18)4-1-3-12-5-8-16-9-12/h5,8-9,16H,1-4,6-7,10-11,15H2,(H,17,18). The van der Waals surface area contributed by atoms with E-state index in [9.17, 15) is 4.79 Å². The molecule has 1 heterocycles. The zero-order valence-corrected chi connectivity index (χ0v) is 10.9. The van der Waals surface area contributed by atoms with Gasteiger partial charge in [-0.15, -0.1) is 0 Å². The van der Waals surface area contributed by atoms with Crippen LogP contribution in [0.15, 0.2) is 18.5 Å². The van der Waals surface area contributed by atoms with E-state index in [4.69, 9.17) is 5.73 Å². The van der Waals surface area contributed by atoms with Gasteiger partial charge in [0.25, 0.3) is 0 Å². The SMILES string of the molecule is NCC1(CNC(=O)CCCc2cc[nH]c2)CCC1. The van der Waals surface area contributed by atoms with E-state index in [2.05, 4.69) is 16.4 Å². The van der Waals surface area contributed by atoms with Crippen molar-refractivity contribution in [3.05, 3.63) is 24.0 Å². The second-order valence-corrected chi connectivity index (χ2v) is 5.41. The first-order valence-corrected chi connectivity index (χ1v) is 6.83. The van der Waals surface area contributed by atoms with E-state index >= 15 is 0 Å². The highest BCUT2D eigenvalue weighted by atomic mass is 16.1. The van der Waals surface area contributed by atoms with Gasteiger partial charge in [0, 0.05) is 25.4 Å². The zero-order valence-electron chi connectivity index (χ0n) is 10.9. The molecule has 4 heteroatoms. The fourth-order valence-corrected chi connectivity index (χ4v) is 2.47. The normalized spacial score (nSPS) is 17.2. The Balaban J connectivity index is 1.60. The molecular weight excluding hydrogens is 226 g/mol. The summed E-state index contributed by atoms with van der Waals surface area (Å²) >= 11 is 0. The van der Waals surface area contributed by atoms with Crippen LogP contribution in [0, 0.1) is 5.41 Å². The molecule has 0 unspecified atom stereocenters. The van der Waals surface area contributed by atoms with Gasteiger partial charge in [0.1, 0.15) is 0 Å². The second kappa shape index (κ2) is 6.05. The molecule has 0 spiro atoms. The minimum atomic E-state index is 0.158. The molecule has 1 saturated carbocycles. The molecule has 1 aliphatic rings. The van der Waals surface area contributed by atoms with Crippen molar-refractivity contribution in [3.8, 4) is 0 Å². The smallest absolute Gasteiger partial charge is 0.220 e. The maximum Gasteiger partial charge on any atom is 0.220 e. The Morgan fingerprint density at radius 3 is 2.89 bits per heavy atom. The molecule has 0 radical (unpaired) electrons. The summed E-state index contributed by atoms with van der Waals surface area (Å²) in [5, 5.41) is 3.03. The summed E-state index contributed by atoms with van der Waals surface area (Å²) in [4.78, 5) is 14.7. The number of carbonyl (C=O) groups excluding carboxylic acids is 1. The third-order valence-electron chi connectivity index (χ3n) is 4.04. The van der Waals surface area contributed by atoms with Crippen molar-refractivity contribution in [3.63, 3.8) is 0 Å². The van der Waals surface area contributed by atoms with Gasteiger partial charge in [0.15, 0.2) is 0 Å². The van der Waals surface area contributed by atoms with Crippen molar-refractivity contribution in [2.24, 2.45) is 11.1 Å². The van der Waals surface area contributed by atoms with Crippen molar-refractivity contribution in [2.75, 3.05) is 13.1 Å². The second-order valence-electron chi connectivity index (χ2n) is 5.41. The molecule has 100 valence electrons. The lowest BCUT2D eigenvalue weighted by Crippen LogP contribution is -2.46. The number of aromatic amines is 1. The van der Waals surface area contributed by atoms with Gasteiger partial charge in [-0.3, -0.25) is 4.79 Å². The molecule has 0 saturated heterocycles. The fourth-order valence-electron chi connectivity index (χ4n) is 2.47. The quantitative estimate of drug-likeness (QED) is 0.686. The van der Waals surface area contributed by atoms with Crippen molar-refractivity contribution in [1.29, 1.82) is 0 Å². The van der Waals surface area contributed by atoms with Crippen molar-refractivity contribution in [1.82, 2.24) is 10.3 Å². The third-order valence-corrected chi connectivity index (χ3v) is 4.04. The number of nitrogens with one attached hydrogen (secondary N) is 2. The number of carbonyl (C=O) groups is 1. The molecule has 1 aromatic heterocycles. The van der Waals surface area contributed by atoms with Crippen LogP contribution in [-0.4, -0.2) is 24.0 Å². The van der Waals surface area contributed by atoms with E-state index in [0.717, 1.165) is 32.2 Å². The molecule has 0 bridgehead atoms. The van der Waals surface area contributed by atoms with Crippen LogP contribution in [0.1, 0.15) is 37.7 Å². The van der Waals surface area contributed by atoms with E-state index in [1.165, 1.54) is 12.0 Å². The molecule has 4 nitrogen and oxygen atoms in total. The summed E-state index contributed by atoms with van der Waals surface area (Å²) in [6, 6.07) is 2.05. The summed E-state index contributed by atoms with van der Waals surface area (Å²) in [5.41, 5.74) is 7.23. The average molecular weight is 249 g/mol. The Morgan fingerprint density at radius 2 is 2.33 bits per heavy atom. The van der Waals surface area contributed by atoms with Crippen LogP contribution in [0.3, 0.4) is 0 Å². The molecule has 1 amide bonds. The highest BCUT2D eigenvalue weighted by Crippen LogP contribution is 2.39.